The third-order valence-electron chi connectivity index (χ3n) is 8.03. The van der Waals surface area contributed by atoms with Crippen LogP contribution >= 0.6 is 0 Å². The Kier molecular flexibility index (Phi) is 7.89. The number of carbonyl (C=O) groups excluding carboxylic acids is 2. The maximum atomic E-state index is 13.7. The zero-order valence-corrected chi connectivity index (χ0v) is 25.1. The molecule has 2 aromatic carbocycles. The monoisotopic (exact) mass is 597 g/mol. The molecular formula is C27H34F3N3O5SSi. The van der Waals surface area contributed by atoms with E-state index in [4.69, 9.17) is 4.43 Å². The molecule has 4 rings (SSSR count). The standard InChI is InChI=1S/C27H34F3N3O5SSi/c1-15-11-22-23(14-19(15)25(34)31-16-12-20(28)24(30)21(29)13-16)39(36,37)33(26(35)32-22)17-7-9-18(10-8-17)38-40(5,6)27(2,3)4/h11-14,17-18H,7-10H2,1-6H3,(H,31,34)(H,32,35)/t17-,18-. The van der Waals surface area contributed by atoms with E-state index in [-0.39, 0.29) is 33.0 Å². The predicted molar refractivity (Wildman–Crippen MR) is 148 cm³/mol. The van der Waals surface area contributed by atoms with E-state index in [9.17, 15) is 31.2 Å². The third-order valence-corrected chi connectivity index (χ3v) is 14.4. The first-order valence-electron chi connectivity index (χ1n) is 13.1. The first kappa shape index (κ1) is 30.1. The number of halogens is 3. The Morgan fingerprint density at radius 1 is 1.05 bits per heavy atom. The van der Waals surface area contributed by atoms with Crippen molar-refractivity contribution in [2.24, 2.45) is 0 Å². The maximum Gasteiger partial charge on any atom is 0.336 e. The minimum Gasteiger partial charge on any atom is -0.414 e. The molecule has 0 unspecified atom stereocenters. The van der Waals surface area contributed by atoms with Crippen molar-refractivity contribution in [2.75, 3.05) is 10.6 Å². The number of hydrogen-bond acceptors (Lipinski definition) is 5. The SMILES string of the molecule is Cc1cc2c(cc1C(=O)Nc1cc(F)c(F)c(F)c1)S(=O)(=O)N([C@H]1CC[C@H](O[Si](C)(C)C(C)(C)C)CC1)C(=O)N2. The number of nitrogens with one attached hydrogen (secondary N) is 2. The Morgan fingerprint density at radius 3 is 2.17 bits per heavy atom. The van der Waals surface area contributed by atoms with Crippen molar-refractivity contribution < 1.29 is 35.6 Å². The maximum absolute atomic E-state index is 13.7. The van der Waals surface area contributed by atoms with Gasteiger partial charge in [0.25, 0.3) is 15.9 Å². The van der Waals surface area contributed by atoms with E-state index < -0.39 is 53.8 Å². The molecule has 8 nitrogen and oxygen atoms in total. The molecular weight excluding hydrogens is 563 g/mol. The minimum absolute atomic E-state index is 0.0148. The molecule has 1 aliphatic carbocycles. The largest absolute Gasteiger partial charge is 0.414 e. The summed E-state index contributed by atoms with van der Waals surface area (Å²) in [5.74, 6) is -5.50. The van der Waals surface area contributed by atoms with Crippen LogP contribution in [0.15, 0.2) is 29.2 Å². The Hall–Kier alpha value is -2.90. The van der Waals surface area contributed by atoms with Crippen LogP contribution in [0.5, 0.6) is 0 Å². The fraction of sp³-hybridized carbons (Fsp3) is 0.481. The average Bonchev–Trinajstić information content (AvgIpc) is 2.82. The summed E-state index contributed by atoms with van der Waals surface area (Å²) < 4.78 is 75.3. The lowest BCUT2D eigenvalue weighted by Gasteiger charge is -2.43. The van der Waals surface area contributed by atoms with E-state index in [0.717, 1.165) is 10.4 Å². The van der Waals surface area contributed by atoms with Crippen LogP contribution in [0, 0.1) is 24.4 Å². The minimum atomic E-state index is -4.33. The fourth-order valence-corrected chi connectivity index (χ4v) is 7.96. The Bertz CT molecular complexity index is 1450. The number of amides is 3. The summed E-state index contributed by atoms with van der Waals surface area (Å²) in [6.07, 6.45) is 2.06. The molecule has 1 saturated carbocycles. The van der Waals surface area contributed by atoms with Crippen molar-refractivity contribution >= 4 is 41.7 Å². The van der Waals surface area contributed by atoms with Crippen LogP contribution in [0.3, 0.4) is 0 Å². The van der Waals surface area contributed by atoms with Crippen LogP contribution in [0.4, 0.5) is 29.3 Å². The van der Waals surface area contributed by atoms with Gasteiger partial charge in [-0.05, 0) is 68.4 Å². The van der Waals surface area contributed by atoms with Gasteiger partial charge >= 0.3 is 6.03 Å². The van der Waals surface area contributed by atoms with Gasteiger partial charge in [0.2, 0.25) is 0 Å². The van der Waals surface area contributed by atoms with Gasteiger partial charge in [0, 0.05) is 29.5 Å². The number of carbonyl (C=O) groups is 2. The second-order valence-electron chi connectivity index (χ2n) is 11.9. The Labute approximate surface area is 233 Å². The van der Waals surface area contributed by atoms with Crippen molar-refractivity contribution in [1.82, 2.24) is 4.31 Å². The van der Waals surface area contributed by atoms with Crippen LogP contribution in [0.2, 0.25) is 18.1 Å². The summed E-state index contributed by atoms with van der Waals surface area (Å²) >= 11 is 0. The quantitative estimate of drug-likeness (QED) is 0.301. The number of urea groups is 1. The lowest BCUT2D eigenvalue weighted by Crippen LogP contribution is -2.52. The summed E-state index contributed by atoms with van der Waals surface area (Å²) in [4.78, 5) is 25.7. The summed E-state index contributed by atoms with van der Waals surface area (Å²) in [5.41, 5.74) is -0.0845. The molecule has 0 saturated heterocycles. The average molecular weight is 598 g/mol. The molecule has 3 amide bonds. The highest BCUT2D eigenvalue weighted by Gasteiger charge is 2.45. The van der Waals surface area contributed by atoms with Gasteiger partial charge < -0.3 is 15.1 Å². The van der Waals surface area contributed by atoms with Gasteiger partial charge in [0.05, 0.1) is 11.7 Å². The highest BCUT2D eigenvalue weighted by Crippen LogP contribution is 2.41. The van der Waals surface area contributed by atoms with Crippen LogP contribution in [-0.2, 0) is 14.4 Å². The number of hydrogen-bond donors (Lipinski definition) is 2. The summed E-state index contributed by atoms with van der Waals surface area (Å²) in [7, 11) is -6.34. The molecule has 0 radical (unpaired) electrons. The van der Waals surface area contributed by atoms with E-state index in [0.29, 0.717) is 43.4 Å². The van der Waals surface area contributed by atoms with Crippen molar-refractivity contribution in [3.05, 3.63) is 52.8 Å². The van der Waals surface area contributed by atoms with Crippen LogP contribution in [0.1, 0.15) is 62.4 Å². The van der Waals surface area contributed by atoms with Gasteiger partial charge in [-0.1, -0.05) is 20.8 Å². The lowest BCUT2D eigenvalue weighted by molar-refractivity contribution is 0.102. The van der Waals surface area contributed by atoms with Crippen molar-refractivity contribution in [3.63, 3.8) is 0 Å². The van der Waals surface area contributed by atoms with Crippen LogP contribution in [-0.4, -0.2) is 45.1 Å². The smallest absolute Gasteiger partial charge is 0.336 e. The predicted octanol–water partition coefficient (Wildman–Crippen LogP) is 6.53. The van der Waals surface area contributed by atoms with Gasteiger partial charge in [-0.25, -0.2) is 30.7 Å². The zero-order chi connectivity index (χ0) is 29.8. The van der Waals surface area contributed by atoms with Crippen molar-refractivity contribution in [2.45, 2.75) is 88.6 Å². The van der Waals surface area contributed by atoms with Crippen LogP contribution < -0.4 is 10.6 Å². The Morgan fingerprint density at radius 2 is 1.62 bits per heavy atom. The molecule has 2 aliphatic rings. The fourth-order valence-electron chi connectivity index (χ4n) is 4.81. The number of aryl methyl sites for hydroxylation is 1. The third kappa shape index (κ3) is 5.63. The first-order valence-corrected chi connectivity index (χ1v) is 17.4. The summed E-state index contributed by atoms with van der Waals surface area (Å²) in [6.45, 7) is 12.3. The topological polar surface area (TPSA) is 105 Å². The molecule has 1 heterocycles. The number of sulfonamides is 1. The van der Waals surface area contributed by atoms with E-state index in [1.165, 1.54) is 13.0 Å². The highest BCUT2D eigenvalue weighted by atomic mass is 32.2. The first-order chi connectivity index (χ1) is 18.4. The molecule has 218 valence electrons. The second-order valence-corrected chi connectivity index (χ2v) is 18.5. The van der Waals surface area contributed by atoms with E-state index in [2.05, 4.69) is 44.5 Å². The number of fused-ring (bicyclic) bond motifs is 1. The van der Waals surface area contributed by atoms with Gasteiger partial charge in [-0.3, -0.25) is 4.79 Å². The number of benzene rings is 2. The second kappa shape index (κ2) is 10.5. The molecule has 0 bridgehead atoms. The van der Waals surface area contributed by atoms with Gasteiger partial charge in [0.1, 0.15) is 4.90 Å². The van der Waals surface area contributed by atoms with Crippen molar-refractivity contribution in [3.8, 4) is 0 Å². The number of rotatable bonds is 5. The zero-order valence-electron chi connectivity index (χ0n) is 23.3. The van der Waals surface area contributed by atoms with Crippen molar-refractivity contribution in [1.29, 1.82) is 0 Å². The number of nitrogens with zero attached hydrogens (tertiary/aromatic N) is 1. The van der Waals surface area contributed by atoms with Gasteiger partial charge in [-0.2, -0.15) is 0 Å². The molecule has 0 aromatic heterocycles. The van der Waals surface area contributed by atoms with E-state index in [1.54, 1.807) is 0 Å². The molecule has 40 heavy (non-hydrogen) atoms. The molecule has 2 N–H and O–H groups in total. The molecule has 0 atom stereocenters. The van der Waals surface area contributed by atoms with Crippen LogP contribution in [0.25, 0.3) is 0 Å². The highest BCUT2D eigenvalue weighted by molar-refractivity contribution is 7.90. The molecule has 1 aliphatic heterocycles. The molecule has 0 spiro atoms. The van der Waals surface area contributed by atoms with Gasteiger partial charge in [-0.15, -0.1) is 0 Å². The summed E-state index contributed by atoms with van der Waals surface area (Å²) in [6, 6.07) is 2.37. The van der Waals surface area contributed by atoms with E-state index >= 15 is 0 Å². The van der Waals surface area contributed by atoms with Gasteiger partial charge in [0.15, 0.2) is 25.8 Å². The van der Waals surface area contributed by atoms with E-state index in [1.807, 2.05) is 0 Å². The number of anilines is 2. The lowest BCUT2D eigenvalue weighted by atomic mass is 9.93. The Balaban J connectivity index is 1.56. The normalized spacial score (nSPS) is 21.0. The molecule has 1 fully saturated rings. The molecule has 2 aromatic rings. The summed E-state index contributed by atoms with van der Waals surface area (Å²) in [5, 5.41) is 4.92. The molecule has 13 heteroatoms.